The van der Waals surface area contributed by atoms with E-state index in [0.29, 0.717) is 17.9 Å². The van der Waals surface area contributed by atoms with Gasteiger partial charge in [-0.1, -0.05) is 42.0 Å². The molecule has 4 atom stereocenters. The molecule has 9 nitrogen and oxygen atoms in total. The van der Waals surface area contributed by atoms with Crippen LogP contribution in [0, 0.1) is 12.8 Å². The normalized spacial score (nSPS) is 19.6. The minimum absolute atomic E-state index is 0.0644. The van der Waals surface area contributed by atoms with Gasteiger partial charge in [0.25, 0.3) is 11.8 Å². The number of aliphatic imine (C=N–C) groups is 1. The largest absolute Gasteiger partial charge is 0.418 e. The number of allylic oxidation sites excluding steroid dienone is 4. The van der Waals surface area contributed by atoms with Crippen molar-refractivity contribution in [2.75, 3.05) is 22.6 Å². The molecule has 0 spiro atoms. The van der Waals surface area contributed by atoms with Crippen molar-refractivity contribution in [1.82, 2.24) is 4.98 Å². The van der Waals surface area contributed by atoms with Crippen LogP contribution in [0.15, 0.2) is 101 Å². The summed E-state index contributed by atoms with van der Waals surface area (Å²) in [5.41, 5.74) is 0.765. The van der Waals surface area contributed by atoms with Crippen LogP contribution in [0.3, 0.4) is 0 Å². The fraction of sp³-hybridized carbons (Fsp3) is 0.235. The van der Waals surface area contributed by atoms with Gasteiger partial charge < -0.3 is 25.8 Å². The molecule has 48 heavy (non-hydrogen) atoms. The average molecular weight is 701 g/mol. The van der Waals surface area contributed by atoms with E-state index in [1.54, 1.807) is 48.9 Å². The summed E-state index contributed by atoms with van der Waals surface area (Å²) >= 11 is 12.2. The molecule has 0 saturated heterocycles. The number of carbonyl (C=O) groups excluding carboxylic acids is 2. The summed E-state index contributed by atoms with van der Waals surface area (Å²) in [4.78, 5) is 34.2. The molecule has 250 valence electrons. The van der Waals surface area contributed by atoms with Gasteiger partial charge in [0.15, 0.2) is 6.29 Å². The van der Waals surface area contributed by atoms with E-state index >= 15 is 0 Å². The molecule has 4 N–H and O–H groups in total. The highest BCUT2D eigenvalue weighted by Crippen LogP contribution is 2.37. The van der Waals surface area contributed by atoms with Crippen LogP contribution in [0.5, 0.6) is 0 Å². The number of nitrogens with one attached hydrogen (secondary N) is 3. The third-order valence-corrected chi connectivity index (χ3v) is 8.41. The highest BCUT2D eigenvalue weighted by molar-refractivity contribution is 6.31. The molecule has 2 heterocycles. The predicted octanol–water partition coefficient (Wildman–Crippen LogP) is 7.36. The van der Waals surface area contributed by atoms with Crippen LogP contribution in [0.2, 0.25) is 0 Å². The van der Waals surface area contributed by atoms with E-state index in [9.17, 15) is 27.9 Å². The number of aromatic nitrogens is 1. The molecule has 1 aliphatic heterocycles. The van der Waals surface area contributed by atoms with E-state index < -0.39 is 53.4 Å². The van der Waals surface area contributed by atoms with Gasteiger partial charge in [-0.15, -0.1) is 11.6 Å². The van der Waals surface area contributed by atoms with Crippen molar-refractivity contribution < 1.29 is 32.6 Å². The Bertz CT molecular complexity index is 1800. The predicted molar refractivity (Wildman–Crippen MR) is 179 cm³/mol. The molecule has 0 bridgehead atoms. The van der Waals surface area contributed by atoms with E-state index in [1.807, 2.05) is 25.1 Å². The summed E-state index contributed by atoms with van der Waals surface area (Å²) in [5, 5.41) is 17.7. The number of amidine groups is 1. The SMILES string of the molecule is Cc1ccc(C(=O)Nc2ccc(NC(=O)COC(O)C3C(Cl)=CC=CC3Cl)c(C(F)(F)F)c2)cc1NC1=NC=CC(c2cccnc2)C1. The van der Waals surface area contributed by atoms with Gasteiger partial charge in [0, 0.05) is 52.9 Å². The maximum Gasteiger partial charge on any atom is 0.418 e. The second kappa shape index (κ2) is 15.2. The molecular formula is C34H30Cl2F3N5O4. The minimum atomic E-state index is -4.88. The Balaban J connectivity index is 1.23. The summed E-state index contributed by atoms with van der Waals surface area (Å²) in [6.45, 7) is 1.08. The number of aryl methyl sites for hydroxylation is 1. The Morgan fingerprint density at radius 3 is 2.65 bits per heavy atom. The molecule has 2 aromatic carbocycles. The number of aliphatic hydroxyl groups excluding tert-OH is 1. The number of halogens is 5. The smallest absolute Gasteiger partial charge is 0.367 e. The minimum Gasteiger partial charge on any atom is -0.367 e. The standard InChI is InChI=1S/C34H30Cl2F3N5O4/c1-19-7-8-21(14-28(19)43-29-15-20(11-13-41-29)22-4-3-12-40-17-22)32(46)42-23-9-10-27(24(16-23)34(37,38)39)44-30(45)18-48-33(47)31-25(35)5-2-6-26(31)36/h2-14,16-17,20,25,31,33,47H,15,18H2,1H3,(H,41,43)(H,42,46)(H,44,45). The molecule has 4 unspecified atom stereocenters. The van der Waals surface area contributed by atoms with Crippen LogP contribution in [0.4, 0.5) is 30.2 Å². The zero-order valence-corrected chi connectivity index (χ0v) is 26.9. The van der Waals surface area contributed by atoms with E-state index in [4.69, 9.17) is 27.9 Å². The Hall–Kier alpha value is -4.49. The lowest BCUT2D eigenvalue weighted by Crippen LogP contribution is -2.34. The fourth-order valence-electron chi connectivity index (χ4n) is 5.08. The molecule has 14 heteroatoms. The highest BCUT2D eigenvalue weighted by Gasteiger charge is 2.35. The Kier molecular flexibility index (Phi) is 11.0. The topological polar surface area (TPSA) is 125 Å². The average Bonchev–Trinajstić information content (AvgIpc) is 3.05. The third kappa shape index (κ3) is 8.70. The lowest BCUT2D eigenvalue weighted by Gasteiger charge is -2.26. The number of ether oxygens (including phenoxy) is 1. The zero-order chi connectivity index (χ0) is 34.4. The van der Waals surface area contributed by atoms with E-state index in [2.05, 4.69) is 25.9 Å². The van der Waals surface area contributed by atoms with Crippen molar-refractivity contribution >= 4 is 57.9 Å². The highest BCUT2D eigenvalue weighted by atomic mass is 35.5. The first-order valence-corrected chi connectivity index (χ1v) is 15.5. The molecule has 1 aliphatic carbocycles. The molecule has 0 saturated carbocycles. The monoisotopic (exact) mass is 699 g/mol. The number of nitrogens with zero attached hydrogens (tertiary/aromatic N) is 2. The Morgan fingerprint density at radius 1 is 1.10 bits per heavy atom. The number of carbonyl (C=O) groups is 2. The van der Waals surface area contributed by atoms with Crippen LogP contribution in [0.25, 0.3) is 0 Å². The van der Waals surface area contributed by atoms with Gasteiger partial charge in [-0.25, -0.2) is 4.99 Å². The quantitative estimate of drug-likeness (QED) is 0.137. The van der Waals surface area contributed by atoms with Crippen molar-refractivity contribution in [2.24, 2.45) is 10.9 Å². The second-order valence-corrected chi connectivity index (χ2v) is 12.0. The molecule has 1 aromatic heterocycles. The van der Waals surface area contributed by atoms with Crippen LogP contribution in [0.1, 0.15) is 39.4 Å². The fourth-order valence-corrected chi connectivity index (χ4v) is 5.80. The summed E-state index contributed by atoms with van der Waals surface area (Å²) < 4.78 is 47.2. The zero-order valence-electron chi connectivity index (χ0n) is 25.3. The first-order chi connectivity index (χ1) is 22.9. The number of hydrogen-bond donors (Lipinski definition) is 4. The van der Waals surface area contributed by atoms with Crippen LogP contribution in [-0.2, 0) is 15.7 Å². The molecule has 2 aliphatic rings. The number of anilines is 3. The van der Waals surface area contributed by atoms with Gasteiger partial charge in [-0.2, -0.15) is 13.2 Å². The summed E-state index contributed by atoms with van der Waals surface area (Å²) in [5.74, 6) is -1.72. The maximum atomic E-state index is 14.0. The lowest BCUT2D eigenvalue weighted by atomic mass is 9.95. The third-order valence-electron chi connectivity index (χ3n) is 7.61. The maximum absolute atomic E-state index is 14.0. The number of amides is 2. The molecule has 0 radical (unpaired) electrons. The van der Waals surface area contributed by atoms with Crippen LogP contribution in [-0.4, -0.2) is 46.0 Å². The van der Waals surface area contributed by atoms with Crippen molar-refractivity contribution in [3.05, 3.63) is 119 Å². The van der Waals surface area contributed by atoms with E-state index in [0.717, 1.165) is 23.3 Å². The summed E-state index contributed by atoms with van der Waals surface area (Å²) in [6, 6.07) is 11.7. The number of alkyl halides is 4. The lowest BCUT2D eigenvalue weighted by molar-refractivity contribution is -0.145. The first kappa shape index (κ1) is 34.8. The van der Waals surface area contributed by atoms with E-state index in [-0.39, 0.29) is 22.2 Å². The number of aliphatic hydroxyl groups is 1. The van der Waals surface area contributed by atoms with Crippen molar-refractivity contribution in [1.29, 1.82) is 0 Å². The molecular weight excluding hydrogens is 670 g/mol. The Labute approximate surface area is 284 Å². The van der Waals surface area contributed by atoms with Crippen molar-refractivity contribution in [3.8, 4) is 0 Å². The molecule has 2 amide bonds. The van der Waals surface area contributed by atoms with Gasteiger partial charge in [0.05, 0.1) is 22.5 Å². The van der Waals surface area contributed by atoms with Crippen LogP contribution >= 0.6 is 23.2 Å². The number of pyridine rings is 1. The van der Waals surface area contributed by atoms with Crippen LogP contribution < -0.4 is 16.0 Å². The summed E-state index contributed by atoms with van der Waals surface area (Å²) in [6.07, 6.45) is 5.95. The number of hydrogen-bond acceptors (Lipinski definition) is 7. The van der Waals surface area contributed by atoms with Gasteiger partial charge >= 0.3 is 6.18 Å². The first-order valence-electron chi connectivity index (χ1n) is 14.7. The number of benzene rings is 2. The van der Waals surface area contributed by atoms with Gasteiger partial charge in [-0.3, -0.25) is 14.6 Å². The van der Waals surface area contributed by atoms with Crippen molar-refractivity contribution in [2.45, 2.75) is 37.1 Å². The summed E-state index contributed by atoms with van der Waals surface area (Å²) in [7, 11) is 0. The molecule has 5 rings (SSSR count). The van der Waals surface area contributed by atoms with Crippen molar-refractivity contribution in [3.63, 3.8) is 0 Å². The van der Waals surface area contributed by atoms with Gasteiger partial charge in [0.1, 0.15) is 12.4 Å². The second-order valence-electron chi connectivity index (χ2n) is 11.0. The van der Waals surface area contributed by atoms with E-state index in [1.165, 1.54) is 12.1 Å². The molecule has 3 aromatic rings. The van der Waals surface area contributed by atoms with Gasteiger partial charge in [0.2, 0.25) is 0 Å². The Morgan fingerprint density at radius 2 is 1.92 bits per heavy atom. The number of rotatable bonds is 9. The van der Waals surface area contributed by atoms with Gasteiger partial charge in [-0.05, 0) is 60.5 Å². The molecule has 0 fully saturated rings.